The smallest absolute Gasteiger partial charge is 0.180 e. The summed E-state index contributed by atoms with van der Waals surface area (Å²) >= 11 is 2.18. The van der Waals surface area contributed by atoms with Gasteiger partial charge in [0.25, 0.3) is 0 Å². The van der Waals surface area contributed by atoms with E-state index in [1.165, 1.54) is 0 Å². The van der Waals surface area contributed by atoms with Crippen molar-refractivity contribution in [2.75, 3.05) is 5.73 Å². The molecule has 100 valence electrons. The fourth-order valence-corrected chi connectivity index (χ4v) is 2.67. The van der Waals surface area contributed by atoms with E-state index >= 15 is 0 Å². The number of aryl methyl sites for hydroxylation is 1. The van der Waals surface area contributed by atoms with Gasteiger partial charge in [-0.1, -0.05) is 31.2 Å². The second kappa shape index (κ2) is 5.32. The summed E-state index contributed by atoms with van der Waals surface area (Å²) in [6.45, 7) is 2.06. The molecular weight excluding hydrogens is 363 g/mol. The molecule has 20 heavy (non-hydrogen) atoms. The van der Waals surface area contributed by atoms with Crippen molar-refractivity contribution in [3.63, 3.8) is 0 Å². The Morgan fingerprint density at radius 1 is 1.05 bits per heavy atom. The van der Waals surface area contributed by atoms with Gasteiger partial charge >= 0.3 is 0 Å². The van der Waals surface area contributed by atoms with Crippen LogP contribution in [0.25, 0.3) is 22.4 Å². The molecule has 0 fully saturated rings. The van der Waals surface area contributed by atoms with Crippen LogP contribution in [0.4, 0.5) is 5.82 Å². The van der Waals surface area contributed by atoms with E-state index in [-0.39, 0.29) is 0 Å². The Bertz CT molecular complexity index is 786. The van der Waals surface area contributed by atoms with Crippen LogP contribution in [0.3, 0.4) is 0 Å². The molecule has 2 heterocycles. The van der Waals surface area contributed by atoms with E-state index in [4.69, 9.17) is 5.73 Å². The van der Waals surface area contributed by atoms with E-state index in [1.54, 1.807) is 0 Å². The number of benzene rings is 1. The molecule has 3 rings (SSSR count). The highest BCUT2D eigenvalue weighted by molar-refractivity contribution is 14.1. The number of fused-ring (bicyclic) bond motifs is 1. The fourth-order valence-electron chi connectivity index (χ4n) is 2.05. The number of halogens is 1. The Morgan fingerprint density at radius 3 is 2.65 bits per heavy atom. The van der Waals surface area contributed by atoms with Gasteiger partial charge in [-0.05, 0) is 41.1 Å². The first-order valence-electron chi connectivity index (χ1n) is 6.37. The summed E-state index contributed by atoms with van der Waals surface area (Å²) in [5.74, 6) is 1.10. The van der Waals surface area contributed by atoms with Crippen molar-refractivity contribution in [2.24, 2.45) is 0 Å². The molecule has 2 N–H and O–H groups in total. The molecule has 5 heteroatoms. The topological polar surface area (TPSA) is 64.7 Å². The summed E-state index contributed by atoms with van der Waals surface area (Å²) in [7, 11) is 0. The van der Waals surface area contributed by atoms with Crippen molar-refractivity contribution in [2.45, 2.75) is 13.3 Å². The lowest BCUT2D eigenvalue weighted by Crippen LogP contribution is -2.05. The molecule has 0 aliphatic rings. The van der Waals surface area contributed by atoms with Gasteiger partial charge in [0.1, 0.15) is 11.5 Å². The Hall–Kier alpha value is -1.76. The maximum absolute atomic E-state index is 5.96. The van der Waals surface area contributed by atoms with E-state index in [1.807, 2.05) is 36.4 Å². The third-order valence-electron chi connectivity index (χ3n) is 3.11. The molecule has 0 bridgehead atoms. The number of pyridine rings is 1. The SMILES string of the molecule is CCc1nc(-c2ccc3ccccc3n2)nc(N)c1I. The van der Waals surface area contributed by atoms with Crippen LogP contribution in [0.2, 0.25) is 0 Å². The first-order chi connectivity index (χ1) is 9.69. The van der Waals surface area contributed by atoms with Gasteiger partial charge in [0.15, 0.2) is 5.82 Å². The van der Waals surface area contributed by atoms with E-state index in [0.29, 0.717) is 11.6 Å². The highest BCUT2D eigenvalue weighted by atomic mass is 127. The van der Waals surface area contributed by atoms with Gasteiger partial charge < -0.3 is 5.73 Å². The largest absolute Gasteiger partial charge is 0.383 e. The molecule has 0 saturated heterocycles. The molecule has 0 radical (unpaired) electrons. The van der Waals surface area contributed by atoms with Crippen molar-refractivity contribution in [3.8, 4) is 11.5 Å². The quantitative estimate of drug-likeness (QED) is 0.696. The minimum atomic E-state index is 0.516. The van der Waals surface area contributed by atoms with Gasteiger partial charge in [0.2, 0.25) is 0 Å². The molecule has 0 atom stereocenters. The van der Waals surface area contributed by atoms with E-state index < -0.39 is 0 Å². The van der Waals surface area contributed by atoms with Gasteiger partial charge in [-0.2, -0.15) is 0 Å². The summed E-state index contributed by atoms with van der Waals surface area (Å²) in [5, 5.41) is 1.10. The molecular formula is C15H13IN4. The fraction of sp³-hybridized carbons (Fsp3) is 0.133. The van der Waals surface area contributed by atoms with E-state index in [2.05, 4.69) is 44.5 Å². The Labute approximate surface area is 130 Å². The molecule has 3 aromatic rings. The molecule has 0 aliphatic carbocycles. The zero-order chi connectivity index (χ0) is 14.1. The van der Waals surface area contributed by atoms with Crippen LogP contribution in [0, 0.1) is 3.57 Å². The van der Waals surface area contributed by atoms with Gasteiger partial charge in [-0.25, -0.2) is 15.0 Å². The number of para-hydroxylation sites is 1. The molecule has 0 aliphatic heterocycles. The van der Waals surface area contributed by atoms with E-state index in [9.17, 15) is 0 Å². The number of nitrogen functional groups attached to an aromatic ring is 1. The number of anilines is 1. The summed E-state index contributed by atoms with van der Waals surface area (Å²) in [4.78, 5) is 13.5. The lowest BCUT2D eigenvalue weighted by Gasteiger charge is -2.07. The zero-order valence-electron chi connectivity index (χ0n) is 11.0. The van der Waals surface area contributed by atoms with Crippen molar-refractivity contribution >= 4 is 39.3 Å². The van der Waals surface area contributed by atoms with Crippen LogP contribution < -0.4 is 5.73 Å². The zero-order valence-corrected chi connectivity index (χ0v) is 13.1. The number of aromatic nitrogens is 3. The molecule has 0 saturated carbocycles. The molecule has 1 aromatic carbocycles. The summed E-state index contributed by atoms with van der Waals surface area (Å²) in [5.41, 5.74) is 8.61. The van der Waals surface area contributed by atoms with Gasteiger partial charge in [0, 0.05) is 5.39 Å². The monoisotopic (exact) mass is 376 g/mol. The molecule has 0 amide bonds. The lowest BCUT2D eigenvalue weighted by atomic mass is 10.2. The molecule has 0 spiro atoms. The third-order valence-corrected chi connectivity index (χ3v) is 4.28. The van der Waals surface area contributed by atoms with Crippen LogP contribution in [-0.2, 0) is 6.42 Å². The highest BCUT2D eigenvalue weighted by Gasteiger charge is 2.11. The van der Waals surface area contributed by atoms with Crippen LogP contribution in [0.5, 0.6) is 0 Å². The Morgan fingerprint density at radius 2 is 1.85 bits per heavy atom. The molecule has 4 nitrogen and oxygen atoms in total. The second-order valence-corrected chi connectivity index (χ2v) is 5.51. The number of rotatable bonds is 2. The van der Waals surface area contributed by atoms with Crippen molar-refractivity contribution < 1.29 is 0 Å². The number of nitrogens with zero attached hydrogens (tertiary/aromatic N) is 3. The Balaban J connectivity index is 2.17. The van der Waals surface area contributed by atoms with E-state index in [0.717, 1.165) is 32.3 Å². The van der Waals surface area contributed by atoms with Crippen LogP contribution in [0.15, 0.2) is 36.4 Å². The maximum Gasteiger partial charge on any atom is 0.180 e. The first kappa shape index (κ1) is 13.2. The normalized spacial score (nSPS) is 10.9. The standard InChI is InChI=1S/C15H13IN4/c1-2-10-13(16)14(17)20-15(19-10)12-8-7-9-5-3-4-6-11(9)18-12/h3-8H,2H2,1H3,(H2,17,19,20). The maximum atomic E-state index is 5.96. The van der Waals surface area contributed by atoms with Gasteiger partial charge in [-0.15, -0.1) is 0 Å². The third kappa shape index (κ3) is 2.33. The predicted octanol–water partition coefficient (Wildman–Crippen LogP) is 3.44. The molecule has 2 aromatic heterocycles. The summed E-state index contributed by atoms with van der Waals surface area (Å²) in [6, 6.07) is 11.9. The highest BCUT2D eigenvalue weighted by Crippen LogP contribution is 2.23. The summed E-state index contributed by atoms with van der Waals surface area (Å²) < 4.78 is 0.926. The van der Waals surface area contributed by atoms with Crippen molar-refractivity contribution in [3.05, 3.63) is 45.7 Å². The van der Waals surface area contributed by atoms with Crippen LogP contribution >= 0.6 is 22.6 Å². The minimum Gasteiger partial charge on any atom is -0.383 e. The lowest BCUT2D eigenvalue weighted by molar-refractivity contribution is 0.989. The average Bonchev–Trinajstić information content (AvgIpc) is 2.49. The Kier molecular flexibility index (Phi) is 3.52. The summed E-state index contributed by atoms with van der Waals surface area (Å²) in [6.07, 6.45) is 0.825. The minimum absolute atomic E-state index is 0.516. The number of hydrogen-bond acceptors (Lipinski definition) is 4. The van der Waals surface area contributed by atoms with Crippen molar-refractivity contribution in [1.29, 1.82) is 0 Å². The number of nitrogens with two attached hydrogens (primary N) is 1. The predicted molar refractivity (Wildman–Crippen MR) is 89.3 cm³/mol. The van der Waals surface area contributed by atoms with Gasteiger partial charge in [-0.3, -0.25) is 0 Å². The second-order valence-electron chi connectivity index (χ2n) is 4.44. The van der Waals surface area contributed by atoms with Gasteiger partial charge in [0.05, 0.1) is 14.8 Å². The average molecular weight is 376 g/mol. The van der Waals surface area contributed by atoms with Crippen LogP contribution in [-0.4, -0.2) is 15.0 Å². The molecule has 0 unspecified atom stereocenters. The van der Waals surface area contributed by atoms with Crippen molar-refractivity contribution in [1.82, 2.24) is 15.0 Å². The number of hydrogen-bond donors (Lipinski definition) is 1. The van der Waals surface area contributed by atoms with Crippen LogP contribution in [0.1, 0.15) is 12.6 Å². The first-order valence-corrected chi connectivity index (χ1v) is 7.45.